The van der Waals surface area contributed by atoms with Crippen molar-refractivity contribution in [1.82, 2.24) is 4.98 Å². The molecule has 0 saturated heterocycles. The van der Waals surface area contributed by atoms with E-state index in [0.29, 0.717) is 23.6 Å². The first-order valence-corrected chi connectivity index (χ1v) is 10.3. The normalized spacial score (nSPS) is 12.0. The van der Waals surface area contributed by atoms with Gasteiger partial charge in [0, 0.05) is 6.42 Å². The summed E-state index contributed by atoms with van der Waals surface area (Å²) in [6.45, 7) is 1.51. The van der Waals surface area contributed by atoms with Crippen LogP contribution >= 0.6 is 34.5 Å². The maximum atomic E-state index is 12.2. The largest absolute Gasteiger partial charge is 0.453 e. The number of carbonyl (C=O) groups is 2. The third-order valence-electron chi connectivity index (χ3n) is 4.00. The number of ether oxygens (including phenoxy) is 1. The lowest BCUT2D eigenvalue weighted by molar-refractivity contribution is -0.153. The van der Waals surface area contributed by atoms with Crippen LogP contribution in [-0.4, -0.2) is 23.0 Å². The lowest BCUT2D eigenvalue weighted by Crippen LogP contribution is -2.30. The van der Waals surface area contributed by atoms with Gasteiger partial charge in [0.1, 0.15) is 0 Å². The Morgan fingerprint density at radius 1 is 1.18 bits per heavy atom. The van der Waals surface area contributed by atoms with Gasteiger partial charge in [0.25, 0.3) is 5.91 Å². The van der Waals surface area contributed by atoms with Crippen LogP contribution in [0, 0.1) is 0 Å². The molecule has 0 fully saturated rings. The molecule has 1 unspecified atom stereocenters. The number of amides is 1. The van der Waals surface area contributed by atoms with Crippen LogP contribution in [0.4, 0.5) is 5.69 Å². The summed E-state index contributed by atoms with van der Waals surface area (Å²) in [6.07, 6.45) is 0.566. The highest BCUT2D eigenvalue weighted by molar-refractivity contribution is 7.18. The monoisotopic (exact) mass is 436 g/mol. The fraction of sp³-hybridized carbons (Fsp3) is 0.250. The molecule has 146 valence electrons. The highest BCUT2D eigenvalue weighted by atomic mass is 35.5. The molecule has 0 bridgehead atoms. The number of rotatable bonds is 7. The fourth-order valence-electron chi connectivity index (χ4n) is 2.56. The van der Waals surface area contributed by atoms with E-state index in [-0.39, 0.29) is 11.4 Å². The lowest BCUT2D eigenvalue weighted by atomic mass is 10.2. The molecule has 1 amide bonds. The third-order valence-corrected chi connectivity index (χ3v) is 5.91. The molecular weight excluding hydrogens is 419 g/mol. The molecular formula is C20H18Cl2N2O3S. The Balaban J connectivity index is 1.45. The predicted octanol–water partition coefficient (Wildman–Crippen LogP) is 5.50. The molecule has 0 aliphatic carbocycles. The molecule has 5 nitrogen and oxygen atoms in total. The minimum absolute atomic E-state index is 0.214. The number of nitrogens with one attached hydrogen (secondary N) is 1. The van der Waals surface area contributed by atoms with Crippen LogP contribution in [0.5, 0.6) is 0 Å². The molecule has 28 heavy (non-hydrogen) atoms. The Morgan fingerprint density at radius 2 is 1.96 bits per heavy atom. The fourth-order valence-corrected chi connectivity index (χ4v) is 3.91. The quantitative estimate of drug-likeness (QED) is 0.496. The van der Waals surface area contributed by atoms with E-state index in [1.165, 1.54) is 6.92 Å². The molecule has 3 rings (SSSR count). The molecule has 0 aliphatic rings. The maximum absolute atomic E-state index is 12.2. The van der Waals surface area contributed by atoms with Gasteiger partial charge < -0.3 is 10.1 Å². The van der Waals surface area contributed by atoms with Gasteiger partial charge in [-0.05, 0) is 44.0 Å². The number of anilines is 1. The third kappa shape index (κ3) is 5.22. The molecule has 1 N–H and O–H groups in total. The summed E-state index contributed by atoms with van der Waals surface area (Å²) >= 11 is 13.6. The number of hydrogen-bond donors (Lipinski definition) is 1. The van der Waals surface area contributed by atoms with Crippen molar-refractivity contribution in [2.75, 3.05) is 5.32 Å². The van der Waals surface area contributed by atoms with Gasteiger partial charge in [0.05, 0.1) is 31.0 Å². The van der Waals surface area contributed by atoms with Crippen LogP contribution in [0.3, 0.4) is 0 Å². The SMILES string of the molecule is CC(OC(=O)CCCc1nc2ccccc2s1)C(=O)Nc1cccc(Cl)c1Cl. The van der Waals surface area contributed by atoms with Crippen molar-refractivity contribution in [3.63, 3.8) is 0 Å². The Labute approximate surface area is 176 Å². The van der Waals surface area contributed by atoms with E-state index in [0.717, 1.165) is 15.2 Å². The van der Waals surface area contributed by atoms with E-state index >= 15 is 0 Å². The van der Waals surface area contributed by atoms with Crippen LogP contribution in [0.15, 0.2) is 42.5 Å². The topological polar surface area (TPSA) is 68.3 Å². The number of aryl methyl sites for hydroxylation is 1. The summed E-state index contributed by atoms with van der Waals surface area (Å²) in [5.41, 5.74) is 1.34. The second-order valence-corrected chi connectivity index (χ2v) is 8.05. The Bertz CT molecular complexity index is 973. The Kier molecular flexibility index (Phi) is 6.88. The highest BCUT2D eigenvalue weighted by Gasteiger charge is 2.19. The van der Waals surface area contributed by atoms with E-state index in [1.54, 1.807) is 29.5 Å². The van der Waals surface area contributed by atoms with Gasteiger partial charge in [-0.15, -0.1) is 11.3 Å². The number of benzene rings is 2. The van der Waals surface area contributed by atoms with Gasteiger partial charge in [-0.3, -0.25) is 9.59 Å². The van der Waals surface area contributed by atoms with Crippen molar-refractivity contribution in [1.29, 1.82) is 0 Å². The molecule has 0 spiro atoms. The summed E-state index contributed by atoms with van der Waals surface area (Å²) in [5.74, 6) is -0.898. The standard InChI is InChI=1S/C20H18Cl2N2O3S/c1-12(20(26)24-15-8-4-6-13(21)19(15)22)27-18(25)11-5-10-17-23-14-7-2-3-9-16(14)28-17/h2-4,6-9,12H,5,10-11H2,1H3,(H,24,26). The van der Waals surface area contributed by atoms with Crippen molar-refractivity contribution in [2.45, 2.75) is 32.3 Å². The summed E-state index contributed by atoms with van der Waals surface area (Å²) in [5, 5.41) is 4.17. The zero-order valence-corrected chi connectivity index (χ0v) is 17.4. The average molecular weight is 437 g/mol. The minimum atomic E-state index is -0.940. The zero-order chi connectivity index (χ0) is 20.1. The first kappa shape index (κ1) is 20.6. The molecule has 3 aromatic rings. The van der Waals surface area contributed by atoms with Gasteiger partial charge >= 0.3 is 5.97 Å². The van der Waals surface area contributed by atoms with E-state index in [2.05, 4.69) is 10.3 Å². The summed E-state index contributed by atoms with van der Waals surface area (Å²) in [6, 6.07) is 12.8. The van der Waals surface area contributed by atoms with Crippen LogP contribution < -0.4 is 5.32 Å². The first-order valence-electron chi connectivity index (χ1n) is 8.73. The van der Waals surface area contributed by atoms with Gasteiger partial charge in [0.2, 0.25) is 0 Å². The van der Waals surface area contributed by atoms with E-state index < -0.39 is 18.0 Å². The molecule has 1 heterocycles. The molecule has 2 aromatic carbocycles. The van der Waals surface area contributed by atoms with Crippen molar-refractivity contribution >= 4 is 62.3 Å². The van der Waals surface area contributed by atoms with Crippen LogP contribution in [0.25, 0.3) is 10.2 Å². The second kappa shape index (κ2) is 9.37. The maximum Gasteiger partial charge on any atom is 0.306 e. The van der Waals surface area contributed by atoms with E-state index in [9.17, 15) is 9.59 Å². The van der Waals surface area contributed by atoms with Crippen LogP contribution in [-0.2, 0) is 20.7 Å². The number of nitrogens with zero attached hydrogens (tertiary/aromatic N) is 1. The number of halogens is 2. The van der Waals surface area contributed by atoms with Crippen molar-refractivity contribution < 1.29 is 14.3 Å². The number of esters is 1. The predicted molar refractivity (Wildman–Crippen MR) is 113 cm³/mol. The molecule has 0 saturated carbocycles. The van der Waals surface area contributed by atoms with Crippen LogP contribution in [0.2, 0.25) is 10.0 Å². The first-order chi connectivity index (χ1) is 13.4. The number of hydrogen-bond acceptors (Lipinski definition) is 5. The molecule has 1 atom stereocenters. The summed E-state index contributed by atoms with van der Waals surface area (Å²) < 4.78 is 6.34. The lowest BCUT2D eigenvalue weighted by Gasteiger charge is -2.14. The van der Waals surface area contributed by atoms with E-state index in [1.807, 2.05) is 24.3 Å². The Hall–Kier alpha value is -2.15. The summed E-state index contributed by atoms with van der Waals surface area (Å²) in [7, 11) is 0. The van der Waals surface area contributed by atoms with Gasteiger partial charge in [-0.25, -0.2) is 4.98 Å². The minimum Gasteiger partial charge on any atom is -0.453 e. The highest BCUT2D eigenvalue weighted by Crippen LogP contribution is 2.29. The zero-order valence-electron chi connectivity index (χ0n) is 15.1. The number of thiazole rings is 1. The molecule has 0 aliphatic heterocycles. The van der Waals surface area contributed by atoms with Gasteiger partial charge in [-0.1, -0.05) is 41.4 Å². The van der Waals surface area contributed by atoms with Crippen molar-refractivity contribution in [3.05, 3.63) is 57.5 Å². The van der Waals surface area contributed by atoms with Crippen LogP contribution in [0.1, 0.15) is 24.8 Å². The van der Waals surface area contributed by atoms with Gasteiger partial charge in [-0.2, -0.15) is 0 Å². The Morgan fingerprint density at radius 3 is 2.75 bits per heavy atom. The molecule has 8 heteroatoms. The van der Waals surface area contributed by atoms with Crippen molar-refractivity contribution in [2.24, 2.45) is 0 Å². The smallest absolute Gasteiger partial charge is 0.306 e. The average Bonchev–Trinajstić information content (AvgIpc) is 3.08. The van der Waals surface area contributed by atoms with E-state index in [4.69, 9.17) is 27.9 Å². The number of para-hydroxylation sites is 1. The summed E-state index contributed by atoms with van der Waals surface area (Å²) in [4.78, 5) is 28.8. The second-order valence-electron chi connectivity index (χ2n) is 6.15. The van der Waals surface area contributed by atoms with Gasteiger partial charge in [0.15, 0.2) is 6.10 Å². The number of carbonyl (C=O) groups excluding carboxylic acids is 2. The number of aromatic nitrogens is 1. The molecule has 0 radical (unpaired) electrons. The number of fused-ring (bicyclic) bond motifs is 1. The van der Waals surface area contributed by atoms with Crippen molar-refractivity contribution in [3.8, 4) is 0 Å². The molecule has 1 aromatic heterocycles.